The van der Waals surface area contributed by atoms with E-state index in [0.29, 0.717) is 12.6 Å². The topological polar surface area (TPSA) is 67.1 Å². The Bertz CT molecular complexity index is 431. The smallest absolute Gasteiger partial charge is 0.191 e. The maximum atomic E-state index is 4.22. The quantitative estimate of drug-likeness (QED) is 0.360. The highest BCUT2D eigenvalue weighted by Gasteiger charge is 2.12. The summed E-state index contributed by atoms with van der Waals surface area (Å²) >= 11 is 0. The first-order chi connectivity index (χ1) is 8.83. The van der Waals surface area contributed by atoms with Crippen LogP contribution in [0.15, 0.2) is 23.5 Å². The van der Waals surface area contributed by atoms with E-state index in [-0.39, 0.29) is 24.0 Å². The minimum atomic E-state index is 0. The SMILES string of the molecule is CCn1cnnc1CNC(=NC)NC1CC=CC1.I. The van der Waals surface area contributed by atoms with E-state index in [1.165, 1.54) is 0 Å². The van der Waals surface area contributed by atoms with E-state index in [1.54, 1.807) is 13.4 Å². The molecule has 0 aliphatic heterocycles. The molecule has 0 unspecified atom stereocenters. The van der Waals surface area contributed by atoms with Gasteiger partial charge in [-0.15, -0.1) is 34.2 Å². The molecule has 0 atom stereocenters. The largest absolute Gasteiger partial charge is 0.353 e. The molecule has 2 rings (SSSR count). The van der Waals surface area contributed by atoms with Gasteiger partial charge in [-0.3, -0.25) is 4.99 Å². The van der Waals surface area contributed by atoms with Crippen molar-refractivity contribution in [3.63, 3.8) is 0 Å². The lowest BCUT2D eigenvalue weighted by molar-refractivity contribution is 0.620. The van der Waals surface area contributed by atoms with Crippen molar-refractivity contribution in [3.8, 4) is 0 Å². The molecule has 1 aliphatic rings. The highest BCUT2D eigenvalue weighted by Crippen LogP contribution is 2.08. The zero-order chi connectivity index (χ0) is 12.8. The van der Waals surface area contributed by atoms with E-state index in [0.717, 1.165) is 31.2 Å². The summed E-state index contributed by atoms with van der Waals surface area (Å²) in [6.07, 6.45) is 8.25. The summed E-state index contributed by atoms with van der Waals surface area (Å²) in [5.74, 6) is 1.74. The number of aryl methyl sites for hydroxylation is 1. The van der Waals surface area contributed by atoms with Crippen molar-refractivity contribution in [2.75, 3.05) is 7.05 Å². The van der Waals surface area contributed by atoms with Crippen LogP contribution in [0, 0.1) is 0 Å². The Kier molecular flexibility index (Phi) is 6.82. The molecule has 2 N–H and O–H groups in total. The van der Waals surface area contributed by atoms with Crippen LogP contribution in [0.2, 0.25) is 0 Å². The number of hydrogen-bond acceptors (Lipinski definition) is 3. The fourth-order valence-electron chi connectivity index (χ4n) is 1.97. The Morgan fingerprint density at radius 2 is 2.21 bits per heavy atom. The van der Waals surface area contributed by atoms with E-state index in [4.69, 9.17) is 0 Å². The van der Waals surface area contributed by atoms with Crippen molar-refractivity contribution in [1.29, 1.82) is 0 Å². The van der Waals surface area contributed by atoms with Gasteiger partial charge < -0.3 is 15.2 Å². The lowest BCUT2D eigenvalue weighted by Crippen LogP contribution is -2.42. The third-order valence-electron chi connectivity index (χ3n) is 3.02. The molecular weight excluding hydrogens is 355 g/mol. The maximum absolute atomic E-state index is 4.22. The molecule has 0 spiro atoms. The minimum Gasteiger partial charge on any atom is -0.353 e. The highest BCUT2D eigenvalue weighted by atomic mass is 127. The summed E-state index contributed by atoms with van der Waals surface area (Å²) < 4.78 is 2.01. The molecule has 0 saturated carbocycles. The van der Waals surface area contributed by atoms with Gasteiger partial charge >= 0.3 is 0 Å². The summed E-state index contributed by atoms with van der Waals surface area (Å²) in [5.41, 5.74) is 0. The van der Waals surface area contributed by atoms with Crippen LogP contribution in [0.1, 0.15) is 25.6 Å². The Hall–Kier alpha value is -1.12. The fourth-order valence-corrected chi connectivity index (χ4v) is 1.97. The fraction of sp³-hybridized carbons (Fsp3) is 0.583. The van der Waals surface area contributed by atoms with Gasteiger partial charge in [0.05, 0.1) is 6.54 Å². The normalized spacial score (nSPS) is 15.4. The molecule has 0 bridgehead atoms. The van der Waals surface area contributed by atoms with Gasteiger partial charge in [-0.05, 0) is 19.8 Å². The second-order valence-corrected chi connectivity index (χ2v) is 4.24. The Morgan fingerprint density at radius 3 is 2.84 bits per heavy atom. The van der Waals surface area contributed by atoms with Gasteiger partial charge in [0.2, 0.25) is 0 Å². The predicted octanol–water partition coefficient (Wildman–Crippen LogP) is 1.30. The van der Waals surface area contributed by atoms with E-state index in [1.807, 2.05) is 4.57 Å². The van der Waals surface area contributed by atoms with Gasteiger partial charge in [-0.2, -0.15) is 0 Å². The molecule has 1 heterocycles. The maximum Gasteiger partial charge on any atom is 0.191 e. The van der Waals surface area contributed by atoms with Crippen LogP contribution < -0.4 is 10.6 Å². The molecule has 1 aromatic rings. The molecule has 0 saturated heterocycles. The number of hydrogen-bond donors (Lipinski definition) is 2. The summed E-state index contributed by atoms with van der Waals surface area (Å²) in [7, 11) is 1.78. The number of guanidine groups is 1. The lowest BCUT2D eigenvalue weighted by Gasteiger charge is -2.16. The number of rotatable bonds is 4. The monoisotopic (exact) mass is 376 g/mol. The third kappa shape index (κ3) is 4.48. The standard InChI is InChI=1S/C12H20N6.HI/c1-3-18-9-15-17-11(18)8-14-12(13-2)16-10-6-4-5-7-10;/h4-5,9-10H,3,6-8H2,1-2H3,(H2,13,14,16);1H. The summed E-state index contributed by atoms with van der Waals surface area (Å²) in [6, 6.07) is 0.459. The molecule has 0 fully saturated rings. The lowest BCUT2D eigenvalue weighted by atomic mass is 10.2. The second kappa shape index (κ2) is 8.13. The summed E-state index contributed by atoms with van der Waals surface area (Å²) in [5, 5.41) is 14.6. The number of nitrogens with zero attached hydrogens (tertiary/aromatic N) is 4. The first-order valence-corrected chi connectivity index (χ1v) is 6.32. The molecular formula is C12H21IN6. The van der Waals surface area contributed by atoms with E-state index < -0.39 is 0 Å². The molecule has 6 nitrogen and oxygen atoms in total. The zero-order valence-corrected chi connectivity index (χ0v) is 13.7. The average Bonchev–Trinajstić information content (AvgIpc) is 3.05. The Labute approximate surface area is 130 Å². The molecule has 1 aromatic heterocycles. The van der Waals surface area contributed by atoms with Crippen LogP contribution in [0.3, 0.4) is 0 Å². The number of aromatic nitrogens is 3. The average molecular weight is 376 g/mol. The van der Waals surface area contributed by atoms with Gasteiger partial charge in [0.15, 0.2) is 11.8 Å². The molecule has 0 aromatic carbocycles. The van der Waals surface area contributed by atoms with Crippen LogP contribution in [-0.4, -0.2) is 33.8 Å². The zero-order valence-electron chi connectivity index (χ0n) is 11.3. The first-order valence-electron chi connectivity index (χ1n) is 6.32. The van der Waals surface area contributed by atoms with Crippen molar-refractivity contribution in [3.05, 3.63) is 24.3 Å². The molecule has 7 heteroatoms. The molecule has 0 radical (unpaired) electrons. The van der Waals surface area contributed by atoms with Crippen LogP contribution in [0.4, 0.5) is 0 Å². The van der Waals surface area contributed by atoms with Crippen molar-refractivity contribution in [1.82, 2.24) is 25.4 Å². The molecule has 19 heavy (non-hydrogen) atoms. The molecule has 106 valence electrons. The van der Waals surface area contributed by atoms with Crippen molar-refractivity contribution in [2.45, 2.75) is 38.9 Å². The van der Waals surface area contributed by atoms with Crippen LogP contribution >= 0.6 is 24.0 Å². The van der Waals surface area contributed by atoms with E-state index in [9.17, 15) is 0 Å². The summed E-state index contributed by atoms with van der Waals surface area (Å²) in [4.78, 5) is 4.22. The van der Waals surface area contributed by atoms with Crippen molar-refractivity contribution < 1.29 is 0 Å². The third-order valence-corrected chi connectivity index (χ3v) is 3.02. The van der Waals surface area contributed by atoms with E-state index >= 15 is 0 Å². The van der Waals surface area contributed by atoms with Crippen LogP contribution in [0.25, 0.3) is 0 Å². The minimum absolute atomic E-state index is 0. The first kappa shape index (κ1) is 15.9. The number of aliphatic imine (C=N–C) groups is 1. The molecule has 0 amide bonds. The van der Waals surface area contributed by atoms with Gasteiger partial charge in [0, 0.05) is 19.6 Å². The van der Waals surface area contributed by atoms with Crippen molar-refractivity contribution >= 4 is 29.9 Å². The van der Waals surface area contributed by atoms with Gasteiger partial charge in [0.25, 0.3) is 0 Å². The van der Waals surface area contributed by atoms with E-state index in [2.05, 4.69) is 44.9 Å². The Morgan fingerprint density at radius 1 is 1.47 bits per heavy atom. The number of nitrogens with one attached hydrogen (secondary N) is 2. The van der Waals surface area contributed by atoms with Crippen LogP contribution in [-0.2, 0) is 13.1 Å². The number of halogens is 1. The second-order valence-electron chi connectivity index (χ2n) is 4.24. The van der Waals surface area contributed by atoms with Crippen molar-refractivity contribution in [2.24, 2.45) is 4.99 Å². The Balaban J connectivity index is 0.00000180. The van der Waals surface area contributed by atoms with Gasteiger partial charge in [-0.25, -0.2) is 0 Å². The van der Waals surface area contributed by atoms with Gasteiger partial charge in [-0.1, -0.05) is 12.2 Å². The highest BCUT2D eigenvalue weighted by molar-refractivity contribution is 14.0. The predicted molar refractivity (Wildman–Crippen MR) is 86.6 cm³/mol. The van der Waals surface area contributed by atoms with Gasteiger partial charge in [0.1, 0.15) is 6.33 Å². The summed E-state index contributed by atoms with van der Waals surface area (Å²) in [6.45, 7) is 3.58. The van der Waals surface area contributed by atoms with Crippen LogP contribution in [0.5, 0.6) is 0 Å². The molecule has 1 aliphatic carbocycles.